The number of sulfonamides is 1. The lowest BCUT2D eigenvalue weighted by molar-refractivity contribution is -0.118. The Morgan fingerprint density at radius 3 is 2.78 bits per heavy atom. The normalized spacial score (nSPS) is 18.9. The summed E-state index contributed by atoms with van der Waals surface area (Å²) in [6.07, 6.45) is 0.772. The molecule has 3 rings (SSSR count). The Morgan fingerprint density at radius 2 is 2.00 bits per heavy atom. The van der Waals surface area contributed by atoms with E-state index in [-0.39, 0.29) is 29.8 Å². The van der Waals surface area contributed by atoms with Crippen molar-refractivity contribution in [2.24, 2.45) is 0 Å². The molecule has 128 valence electrons. The van der Waals surface area contributed by atoms with Gasteiger partial charge in [0.1, 0.15) is 10.6 Å². The van der Waals surface area contributed by atoms with Gasteiger partial charge in [0.2, 0.25) is 10.0 Å². The van der Waals surface area contributed by atoms with Crippen molar-refractivity contribution in [2.45, 2.75) is 11.3 Å². The van der Waals surface area contributed by atoms with Gasteiger partial charge in [0.25, 0.3) is 5.91 Å². The minimum atomic E-state index is -3.61. The third kappa shape index (κ3) is 3.80. The lowest BCUT2D eigenvalue weighted by atomic mass is 10.2. The molecule has 23 heavy (non-hydrogen) atoms. The molecule has 1 fully saturated rings. The van der Waals surface area contributed by atoms with Gasteiger partial charge >= 0.3 is 0 Å². The third-order valence-electron chi connectivity index (χ3n) is 3.58. The monoisotopic (exact) mass is 425 g/mol. The topological polar surface area (TPSA) is 87.7 Å². The van der Waals surface area contributed by atoms with Crippen LogP contribution in [0.1, 0.15) is 6.42 Å². The molecular weight excluding hydrogens is 410 g/mol. The van der Waals surface area contributed by atoms with E-state index >= 15 is 0 Å². The van der Waals surface area contributed by atoms with E-state index in [0.29, 0.717) is 35.5 Å². The second kappa shape index (κ2) is 7.35. The van der Waals surface area contributed by atoms with Crippen molar-refractivity contribution < 1.29 is 17.9 Å². The second-order valence-corrected chi connectivity index (χ2v) is 7.88. The zero-order valence-electron chi connectivity index (χ0n) is 12.2. The molecule has 0 bridgehead atoms. The van der Waals surface area contributed by atoms with Gasteiger partial charge in [-0.1, -0.05) is 0 Å². The summed E-state index contributed by atoms with van der Waals surface area (Å²) in [5, 5.41) is 5.84. The molecule has 1 aromatic carbocycles. The second-order valence-electron chi connectivity index (χ2n) is 5.12. The smallest absolute Gasteiger partial charge is 0.262 e. The predicted octanol–water partition coefficient (Wildman–Crippen LogP) is 1.19. The van der Waals surface area contributed by atoms with E-state index in [9.17, 15) is 13.2 Å². The van der Waals surface area contributed by atoms with Crippen molar-refractivity contribution >= 4 is 50.0 Å². The first kappa shape index (κ1) is 18.5. The maximum atomic E-state index is 12.8. The Labute approximate surface area is 149 Å². The van der Waals surface area contributed by atoms with E-state index in [1.165, 1.54) is 10.4 Å². The van der Waals surface area contributed by atoms with Crippen molar-refractivity contribution in [1.29, 1.82) is 0 Å². The first-order chi connectivity index (χ1) is 10.5. The minimum Gasteiger partial charge on any atom is -0.482 e. The Bertz CT molecular complexity index is 705. The average Bonchev–Trinajstić information content (AvgIpc) is 2.75. The van der Waals surface area contributed by atoms with Crippen LogP contribution < -0.4 is 15.4 Å². The highest BCUT2D eigenvalue weighted by atomic mass is 79.9. The highest BCUT2D eigenvalue weighted by Crippen LogP contribution is 2.36. The summed E-state index contributed by atoms with van der Waals surface area (Å²) in [7, 11) is -3.61. The van der Waals surface area contributed by atoms with Crippen LogP contribution in [0.3, 0.4) is 0 Å². The SMILES string of the molecule is Cl.O=C1COc2cc(S(=O)(=O)N3CCCNCC3)c(Br)cc2N1. The third-order valence-corrected chi connectivity index (χ3v) is 6.44. The number of ether oxygens (including phenoxy) is 1. The van der Waals surface area contributed by atoms with E-state index < -0.39 is 10.0 Å². The standard InChI is InChI=1S/C13H16BrN3O4S.ClH/c14-9-6-10-11(21-8-13(18)16-10)7-12(9)22(19,20)17-4-1-2-15-3-5-17;/h6-7,15H,1-5,8H2,(H,16,18);1H. The van der Waals surface area contributed by atoms with Gasteiger partial charge in [-0.15, -0.1) is 12.4 Å². The quantitative estimate of drug-likeness (QED) is 0.742. The van der Waals surface area contributed by atoms with Crippen molar-refractivity contribution in [3.63, 3.8) is 0 Å². The summed E-state index contributed by atoms with van der Waals surface area (Å²) >= 11 is 3.29. The van der Waals surface area contributed by atoms with Gasteiger partial charge in [0, 0.05) is 30.2 Å². The van der Waals surface area contributed by atoms with Crippen LogP contribution in [0.15, 0.2) is 21.5 Å². The van der Waals surface area contributed by atoms with Gasteiger partial charge in [-0.25, -0.2) is 8.42 Å². The number of amides is 1. The van der Waals surface area contributed by atoms with Gasteiger partial charge in [0.05, 0.1) is 5.69 Å². The number of carbonyl (C=O) groups excluding carboxylic acids is 1. The van der Waals surface area contributed by atoms with Gasteiger partial charge in [0.15, 0.2) is 6.61 Å². The van der Waals surface area contributed by atoms with Crippen molar-refractivity contribution in [3.8, 4) is 5.75 Å². The fraction of sp³-hybridized carbons (Fsp3) is 0.462. The highest BCUT2D eigenvalue weighted by molar-refractivity contribution is 9.10. The van der Waals surface area contributed by atoms with Gasteiger partial charge < -0.3 is 15.4 Å². The van der Waals surface area contributed by atoms with Crippen LogP contribution in [0.4, 0.5) is 5.69 Å². The van der Waals surface area contributed by atoms with Crippen LogP contribution in [0.5, 0.6) is 5.75 Å². The van der Waals surface area contributed by atoms with E-state index in [1.807, 2.05) is 0 Å². The minimum absolute atomic E-state index is 0. The van der Waals surface area contributed by atoms with Crippen LogP contribution in [0, 0.1) is 0 Å². The molecule has 2 aliphatic rings. The lowest BCUT2D eigenvalue weighted by Gasteiger charge is -2.23. The summed E-state index contributed by atoms with van der Waals surface area (Å²) in [6.45, 7) is 2.25. The number of nitrogens with zero attached hydrogens (tertiary/aromatic N) is 1. The van der Waals surface area contributed by atoms with E-state index in [0.717, 1.165) is 13.0 Å². The molecule has 0 aromatic heterocycles. The maximum absolute atomic E-state index is 12.8. The van der Waals surface area contributed by atoms with Gasteiger partial charge in [-0.2, -0.15) is 4.31 Å². The lowest BCUT2D eigenvalue weighted by Crippen LogP contribution is -2.34. The summed E-state index contributed by atoms with van der Waals surface area (Å²) < 4.78 is 32.9. The van der Waals surface area contributed by atoms with Crippen molar-refractivity contribution in [1.82, 2.24) is 9.62 Å². The Balaban J connectivity index is 0.00000192. The fourth-order valence-electron chi connectivity index (χ4n) is 2.48. The predicted molar refractivity (Wildman–Crippen MR) is 91.8 cm³/mol. The average molecular weight is 427 g/mol. The number of carbonyl (C=O) groups is 1. The van der Waals surface area contributed by atoms with Gasteiger partial charge in [-0.05, 0) is 35.0 Å². The Hall–Kier alpha value is -0.870. The highest BCUT2D eigenvalue weighted by Gasteiger charge is 2.29. The van der Waals surface area contributed by atoms with Crippen molar-refractivity contribution in [2.75, 3.05) is 38.1 Å². The van der Waals surface area contributed by atoms with Gasteiger partial charge in [-0.3, -0.25) is 4.79 Å². The molecule has 10 heteroatoms. The van der Waals surface area contributed by atoms with Crippen LogP contribution in [-0.4, -0.2) is 51.4 Å². The summed E-state index contributed by atoms with van der Waals surface area (Å²) in [6, 6.07) is 3.03. The summed E-state index contributed by atoms with van der Waals surface area (Å²) in [5.74, 6) is 0.114. The number of hydrogen-bond donors (Lipinski definition) is 2. The molecule has 1 amide bonds. The Morgan fingerprint density at radius 1 is 1.22 bits per heavy atom. The number of fused-ring (bicyclic) bond motifs is 1. The molecule has 1 aromatic rings. The molecule has 0 atom stereocenters. The molecule has 0 radical (unpaired) electrons. The fourth-order valence-corrected chi connectivity index (χ4v) is 4.98. The Kier molecular flexibility index (Phi) is 5.90. The van der Waals surface area contributed by atoms with Crippen molar-refractivity contribution in [3.05, 3.63) is 16.6 Å². The number of halogens is 2. The molecule has 0 unspecified atom stereocenters. The maximum Gasteiger partial charge on any atom is 0.262 e. The molecule has 1 saturated heterocycles. The number of rotatable bonds is 2. The van der Waals surface area contributed by atoms with Crippen LogP contribution in [0.25, 0.3) is 0 Å². The molecule has 2 aliphatic heterocycles. The summed E-state index contributed by atoms with van der Waals surface area (Å²) in [4.78, 5) is 11.5. The molecule has 2 heterocycles. The van der Waals surface area contributed by atoms with Crippen LogP contribution in [-0.2, 0) is 14.8 Å². The number of anilines is 1. The van der Waals surface area contributed by atoms with E-state index in [4.69, 9.17) is 4.74 Å². The summed E-state index contributed by atoms with van der Waals surface area (Å²) in [5.41, 5.74) is 0.472. The zero-order chi connectivity index (χ0) is 15.7. The largest absolute Gasteiger partial charge is 0.482 e. The van der Waals surface area contributed by atoms with E-state index in [1.54, 1.807) is 6.07 Å². The van der Waals surface area contributed by atoms with E-state index in [2.05, 4.69) is 26.6 Å². The molecule has 0 spiro atoms. The molecular formula is C13H17BrClN3O4S. The molecule has 0 aliphatic carbocycles. The number of hydrogen-bond acceptors (Lipinski definition) is 5. The molecule has 7 nitrogen and oxygen atoms in total. The first-order valence-corrected chi connectivity index (χ1v) is 9.19. The number of nitrogens with one attached hydrogen (secondary N) is 2. The number of benzene rings is 1. The molecule has 2 N–H and O–H groups in total. The van der Waals surface area contributed by atoms with Crippen LogP contribution in [0.2, 0.25) is 0 Å². The zero-order valence-corrected chi connectivity index (χ0v) is 15.4. The first-order valence-electron chi connectivity index (χ1n) is 6.95. The van der Waals surface area contributed by atoms with Crippen LogP contribution >= 0.6 is 28.3 Å². The molecule has 0 saturated carbocycles.